The van der Waals surface area contributed by atoms with Crippen molar-refractivity contribution in [3.63, 3.8) is 0 Å². The second kappa shape index (κ2) is 7.98. The zero-order valence-corrected chi connectivity index (χ0v) is 13.6. The predicted molar refractivity (Wildman–Crippen MR) is 93.6 cm³/mol. The largest absolute Gasteiger partial charge is 0.481 e. The summed E-state index contributed by atoms with van der Waals surface area (Å²) in [5, 5.41) is 5.29. The standard InChI is InChI=1S/C19H15FN2O4/c20-15-4-1-2-5-16(15)26-12-18(23)21-13-7-9-14(10-8-13)22-19(24)17-6-3-11-25-17/h1-11H,12H2,(H,21,23)(H,22,24). The lowest BCUT2D eigenvalue weighted by Crippen LogP contribution is -2.20. The van der Waals surface area contributed by atoms with E-state index in [0.717, 1.165) is 0 Å². The highest BCUT2D eigenvalue weighted by atomic mass is 19.1. The number of benzene rings is 2. The number of furan rings is 1. The highest BCUT2D eigenvalue weighted by Gasteiger charge is 2.09. The number of ether oxygens (including phenoxy) is 1. The summed E-state index contributed by atoms with van der Waals surface area (Å²) in [4.78, 5) is 23.7. The molecular formula is C19H15FN2O4. The van der Waals surface area contributed by atoms with Gasteiger partial charge in [0.15, 0.2) is 23.9 Å². The van der Waals surface area contributed by atoms with E-state index in [2.05, 4.69) is 10.6 Å². The SMILES string of the molecule is O=C(COc1ccccc1F)Nc1ccc(NC(=O)c2ccco2)cc1. The van der Waals surface area contributed by atoms with Crippen LogP contribution >= 0.6 is 0 Å². The minimum absolute atomic E-state index is 0.0126. The number of amides is 2. The third-order valence-electron chi connectivity index (χ3n) is 3.37. The van der Waals surface area contributed by atoms with Crippen molar-refractivity contribution in [3.05, 3.63) is 78.5 Å². The van der Waals surface area contributed by atoms with Gasteiger partial charge in [-0.3, -0.25) is 9.59 Å². The van der Waals surface area contributed by atoms with Gasteiger partial charge in [-0.15, -0.1) is 0 Å². The van der Waals surface area contributed by atoms with E-state index in [-0.39, 0.29) is 24.0 Å². The lowest BCUT2D eigenvalue weighted by atomic mass is 10.2. The number of rotatable bonds is 6. The van der Waals surface area contributed by atoms with Crippen molar-refractivity contribution in [2.45, 2.75) is 0 Å². The van der Waals surface area contributed by atoms with Gasteiger partial charge in [0.25, 0.3) is 11.8 Å². The van der Waals surface area contributed by atoms with Crippen LogP contribution in [0, 0.1) is 5.82 Å². The van der Waals surface area contributed by atoms with Crippen LogP contribution in [0.5, 0.6) is 5.75 Å². The van der Waals surface area contributed by atoms with Crippen molar-refractivity contribution in [1.29, 1.82) is 0 Å². The van der Waals surface area contributed by atoms with Crippen LogP contribution in [0.15, 0.2) is 71.3 Å². The lowest BCUT2D eigenvalue weighted by Gasteiger charge is -2.09. The molecule has 2 aromatic carbocycles. The number of hydrogen-bond acceptors (Lipinski definition) is 4. The second-order valence-electron chi connectivity index (χ2n) is 5.28. The number of nitrogens with one attached hydrogen (secondary N) is 2. The molecule has 26 heavy (non-hydrogen) atoms. The average molecular weight is 354 g/mol. The molecule has 2 N–H and O–H groups in total. The molecule has 0 saturated heterocycles. The topological polar surface area (TPSA) is 80.6 Å². The number of carbonyl (C=O) groups excluding carboxylic acids is 2. The molecule has 0 fully saturated rings. The quantitative estimate of drug-likeness (QED) is 0.707. The van der Waals surface area contributed by atoms with Crippen molar-refractivity contribution in [2.24, 2.45) is 0 Å². The molecule has 6 nitrogen and oxygen atoms in total. The first-order valence-electron chi connectivity index (χ1n) is 7.74. The van der Waals surface area contributed by atoms with Gasteiger partial charge in [-0.2, -0.15) is 0 Å². The third-order valence-corrected chi connectivity index (χ3v) is 3.37. The maximum Gasteiger partial charge on any atom is 0.291 e. The summed E-state index contributed by atoms with van der Waals surface area (Å²) in [6, 6.07) is 15.5. The second-order valence-corrected chi connectivity index (χ2v) is 5.28. The minimum Gasteiger partial charge on any atom is -0.481 e. The summed E-state index contributed by atoms with van der Waals surface area (Å²) in [5.74, 6) is -1.12. The van der Waals surface area contributed by atoms with E-state index < -0.39 is 11.7 Å². The number of para-hydroxylation sites is 1. The Hall–Kier alpha value is -3.61. The maximum atomic E-state index is 13.4. The summed E-state index contributed by atoms with van der Waals surface area (Å²) >= 11 is 0. The monoisotopic (exact) mass is 354 g/mol. The zero-order chi connectivity index (χ0) is 18.4. The molecule has 132 valence electrons. The first-order chi connectivity index (χ1) is 12.6. The summed E-state index contributed by atoms with van der Waals surface area (Å²) in [7, 11) is 0. The average Bonchev–Trinajstić information content (AvgIpc) is 3.17. The molecule has 3 aromatic rings. The molecule has 2 amide bonds. The van der Waals surface area contributed by atoms with E-state index in [0.29, 0.717) is 11.4 Å². The Morgan fingerprint density at radius 1 is 0.923 bits per heavy atom. The van der Waals surface area contributed by atoms with Gasteiger partial charge in [0, 0.05) is 11.4 Å². The molecule has 0 bridgehead atoms. The smallest absolute Gasteiger partial charge is 0.291 e. The highest BCUT2D eigenvalue weighted by Crippen LogP contribution is 2.17. The van der Waals surface area contributed by atoms with Gasteiger partial charge in [-0.1, -0.05) is 12.1 Å². The van der Waals surface area contributed by atoms with Crippen LogP contribution in [0.4, 0.5) is 15.8 Å². The summed E-state index contributed by atoms with van der Waals surface area (Å²) < 4.78 is 23.6. The molecule has 0 unspecified atom stereocenters. The summed E-state index contributed by atoms with van der Waals surface area (Å²) in [6.07, 6.45) is 1.41. The Bertz CT molecular complexity index is 892. The van der Waals surface area contributed by atoms with Crippen molar-refractivity contribution in [2.75, 3.05) is 17.2 Å². The Labute approximate surface area is 148 Å². The van der Waals surface area contributed by atoms with Gasteiger partial charge in [0.2, 0.25) is 0 Å². The minimum atomic E-state index is -0.531. The van der Waals surface area contributed by atoms with Crippen molar-refractivity contribution < 1.29 is 23.1 Å². The molecule has 1 aromatic heterocycles. The molecule has 0 aliphatic heterocycles. The molecule has 0 spiro atoms. The van der Waals surface area contributed by atoms with Crippen molar-refractivity contribution in [3.8, 4) is 5.75 Å². The molecule has 0 radical (unpaired) electrons. The molecule has 3 rings (SSSR count). The van der Waals surface area contributed by atoms with Crippen molar-refractivity contribution in [1.82, 2.24) is 0 Å². The van der Waals surface area contributed by atoms with Gasteiger partial charge in [0.05, 0.1) is 6.26 Å². The number of hydrogen-bond donors (Lipinski definition) is 2. The Morgan fingerprint density at radius 2 is 1.62 bits per heavy atom. The lowest BCUT2D eigenvalue weighted by molar-refractivity contribution is -0.118. The van der Waals surface area contributed by atoms with E-state index in [1.165, 1.54) is 24.5 Å². The summed E-state index contributed by atoms with van der Waals surface area (Å²) in [5.41, 5.74) is 1.06. The fourth-order valence-electron chi connectivity index (χ4n) is 2.14. The first-order valence-corrected chi connectivity index (χ1v) is 7.74. The van der Waals surface area contributed by atoms with E-state index in [4.69, 9.17) is 9.15 Å². The van der Waals surface area contributed by atoms with Gasteiger partial charge in [-0.25, -0.2) is 4.39 Å². The normalized spacial score (nSPS) is 10.2. The summed E-state index contributed by atoms with van der Waals surface area (Å²) in [6.45, 7) is -0.322. The Balaban J connectivity index is 1.51. The molecule has 0 atom stereocenters. The van der Waals surface area contributed by atoms with E-state index in [9.17, 15) is 14.0 Å². The van der Waals surface area contributed by atoms with Crippen LogP contribution in [0.3, 0.4) is 0 Å². The van der Waals surface area contributed by atoms with Gasteiger partial charge >= 0.3 is 0 Å². The van der Waals surface area contributed by atoms with Gasteiger partial charge in [0.1, 0.15) is 0 Å². The molecule has 0 saturated carbocycles. The van der Waals surface area contributed by atoms with Crippen LogP contribution in [0.2, 0.25) is 0 Å². The number of anilines is 2. The zero-order valence-electron chi connectivity index (χ0n) is 13.6. The van der Waals surface area contributed by atoms with E-state index in [1.54, 1.807) is 42.5 Å². The van der Waals surface area contributed by atoms with Crippen molar-refractivity contribution >= 4 is 23.2 Å². The molecular weight excluding hydrogens is 339 g/mol. The third kappa shape index (κ3) is 4.47. The number of halogens is 1. The van der Waals surface area contributed by atoms with Gasteiger partial charge in [-0.05, 0) is 48.5 Å². The van der Waals surface area contributed by atoms with Crippen LogP contribution < -0.4 is 15.4 Å². The highest BCUT2D eigenvalue weighted by molar-refractivity contribution is 6.02. The first kappa shape index (κ1) is 17.2. The predicted octanol–water partition coefficient (Wildman–Crippen LogP) is 3.69. The van der Waals surface area contributed by atoms with E-state index >= 15 is 0 Å². The van der Waals surface area contributed by atoms with Crippen LogP contribution in [0.1, 0.15) is 10.6 Å². The fraction of sp³-hybridized carbons (Fsp3) is 0.0526. The van der Waals surface area contributed by atoms with Gasteiger partial charge < -0.3 is 19.8 Å². The molecule has 0 aliphatic carbocycles. The van der Waals surface area contributed by atoms with Crippen LogP contribution in [-0.2, 0) is 4.79 Å². The Kier molecular flexibility index (Phi) is 5.28. The molecule has 7 heteroatoms. The fourth-order valence-corrected chi connectivity index (χ4v) is 2.14. The molecule has 1 heterocycles. The maximum absolute atomic E-state index is 13.4. The van der Waals surface area contributed by atoms with Crippen LogP contribution in [0.25, 0.3) is 0 Å². The Morgan fingerprint density at radius 3 is 2.27 bits per heavy atom. The van der Waals surface area contributed by atoms with Crippen LogP contribution in [-0.4, -0.2) is 18.4 Å². The van der Waals surface area contributed by atoms with E-state index in [1.807, 2.05) is 0 Å². The molecule has 0 aliphatic rings. The number of carbonyl (C=O) groups is 2.